The van der Waals surface area contributed by atoms with Gasteiger partial charge in [-0.1, -0.05) is 20.8 Å². The van der Waals surface area contributed by atoms with E-state index in [0.717, 1.165) is 0 Å². The molecule has 4 saturated carbocycles. The fourth-order valence-corrected chi connectivity index (χ4v) is 11.0. The van der Waals surface area contributed by atoms with Gasteiger partial charge in [0.25, 0.3) is 0 Å². The van der Waals surface area contributed by atoms with Crippen LogP contribution in [0.5, 0.6) is 0 Å². The first-order chi connectivity index (χ1) is 30.3. The van der Waals surface area contributed by atoms with Gasteiger partial charge in [-0.25, -0.2) is 4.79 Å². The Hall–Kier alpha value is -2.54. The molecule has 0 aromatic heterocycles. The Morgan fingerprint density at radius 1 is 0.536 bits per heavy atom. The topological polar surface area (TPSA) is 87.0 Å². The molecular weight excluding hydrogens is 1040 g/mol. The summed E-state index contributed by atoms with van der Waals surface area (Å²) in [7, 11) is 0. The summed E-state index contributed by atoms with van der Waals surface area (Å²) < 4.78 is 378. The van der Waals surface area contributed by atoms with Gasteiger partial charge in [0.15, 0.2) is 0 Å². The van der Waals surface area contributed by atoms with Crippen LogP contribution in [-0.2, 0) is 9.53 Å². The van der Waals surface area contributed by atoms with E-state index in [0.29, 0.717) is 19.3 Å². The number of aliphatic hydroxyl groups excluding tert-OH is 3. The van der Waals surface area contributed by atoms with E-state index in [9.17, 15) is 139 Å². The molecular formula is C37H39F27O5. The number of esters is 1. The number of halogens is 27. The van der Waals surface area contributed by atoms with Crippen molar-refractivity contribution in [2.24, 2.45) is 46.3 Å². The van der Waals surface area contributed by atoms with Crippen LogP contribution < -0.4 is 0 Å². The molecule has 11 atom stereocenters. The Morgan fingerprint density at radius 3 is 1.33 bits per heavy atom. The molecule has 0 spiro atoms. The second-order valence-corrected chi connectivity index (χ2v) is 18.8. The minimum absolute atomic E-state index is 0.0927. The van der Waals surface area contributed by atoms with Crippen molar-refractivity contribution < 1.29 is 143 Å². The molecule has 4 aliphatic rings. The van der Waals surface area contributed by atoms with Crippen molar-refractivity contribution in [2.45, 2.75) is 168 Å². The first-order valence-corrected chi connectivity index (χ1v) is 20.1. The van der Waals surface area contributed by atoms with Gasteiger partial charge < -0.3 is 20.1 Å². The molecule has 0 heterocycles. The number of rotatable bonds is 16. The molecule has 5 nitrogen and oxygen atoms in total. The number of hydrogen-bond acceptors (Lipinski definition) is 5. The summed E-state index contributed by atoms with van der Waals surface area (Å²) in [6.45, 7) is 3.20. The van der Waals surface area contributed by atoms with Crippen molar-refractivity contribution >= 4 is 5.97 Å². The molecule has 406 valence electrons. The lowest BCUT2D eigenvalue weighted by atomic mass is 9.43. The molecule has 0 aliphatic heterocycles. The number of ether oxygens (including phenoxy) is 1. The Kier molecular flexibility index (Phi) is 14.3. The Morgan fingerprint density at radius 2 is 0.928 bits per heavy atom. The van der Waals surface area contributed by atoms with Gasteiger partial charge in [-0.3, -0.25) is 0 Å². The number of hydrogen-bond donors (Lipinski definition) is 3. The van der Waals surface area contributed by atoms with Crippen LogP contribution >= 0.6 is 0 Å². The summed E-state index contributed by atoms with van der Waals surface area (Å²) in [5.41, 5.74) is -1.59. The fourth-order valence-electron chi connectivity index (χ4n) is 11.0. The van der Waals surface area contributed by atoms with Crippen LogP contribution in [-0.4, -0.2) is 123 Å². The molecule has 4 rings (SSSR count). The first-order valence-electron chi connectivity index (χ1n) is 20.1. The third-order valence-corrected chi connectivity index (χ3v) is 15.3. The standard InChI is InChI=1S/C37H39F27O5/c1-13(16-4-5-17-21-18(12-20(67)24(16,17)3)23(2)8-6-15(65)10-14(23)11-19(21)66)7-9-69-22(68)25(38,39)26(40,41)27(42,43)28(44,45)29(46,47)30(48,49)31(50,51)32(52,53)33(54,55)34(56,57)35(58,59)36(60,61)37(62,63)64/h13-21,65-67H,4-12H2,1-3H3/t13-,14+,15-,16-,17+,18+,19-,20+,21+,23+,24-/m1/s1. The predicted molar refractivity (Wildman–Crippen MR) is 174 cm³/mol. The van der Waals surface area contributed by atoms with E-state index in [1.165, 1.54) is 6.92 Å². The zero-order valence-corrected chi connectivity index (χ0v) is 34.9. The molecule has 3 N–H and O–H groups in total. The maximum atomic E-state index is 14.6. The van der Waals surface area contributed by atoms with Crippen molar-refractivity contribution in [3.63, 3.8) is 0 Å². The highest BCUT2D eigenvalue weighted by Crippen LogP contribution is 2.71. The first kappa shape index (κ1) is 59.0. The van der Waals surface area contributed by atoms with E-state index in [2.05, 4.69) is 4.74 Å². The highest BCUT2D eigenvalue weighted by Gasteiger charge is 3.00. The lowest BCUT2D eigenvalue weighted by Gasteiger charge is -2.63. The highest BCUT2D eigenvalue weighted by molar-refractivity contribution is 5.79. The molecule has 32 heteroatoms. The Balaban J connectivity index is 1.56. The van der Waals surface area contributed by atoms with Gasteiger partial charge in [-0.05, 0) is 97.7 Å². The quantitative estimate of drug-likeness (QED) is 0.106. The van der Waals surface area contributed by atoms with Crippen LogP contribution in [0.4, 0.5) is 119 Å². The number of carbonyl (C=O) groups is 1. The number of fused-ring (bicyclic) bond motifs is 5. The molecule has 0 aromatic carbocycles. The minimum Gasteiger partial charge on any atom is -0.461 e. The summed E-state index contributed by atoms with van der Waals surface area (Å²) in [4.78, 5) is 12.0. The van der Waals surface area contributed by atoms with Crippen molar-refractivity contribution in [1.29, 1.82) is 0 Å². The zero-order chi connectivity index (χ0) is 54.3. The molecule has 0 radical (unpaired) electrons. The van der Waals surface area contributed by atoms with Crippen LogP contribution in [0.3, 0.4) is 0 Å². The third-order valence-electron chi connectivity index (χ3n) is 15.3. The summed E-state index contributed by atoms with van der Waals surface area (Å²) >= 11 is 0. The van der Waals surface area contributed by atoms with Gasteiger partial charge >= 0.3 is 83.2 Å². The second-order valence-electron chi connectivity index (χ2n) is 18.8. The maximum absolute atomic E-state index is 14.6. The molecule has 0 saturated heterocycles. The minimum atomic E-state index is -9.89. The summed E-state index contributed by atoms with van der Waals surface area (Å²) in [6.07, 6.45) is -9.66. The summed E-state index contributed by atoms with van der Waals surface area (Å²) in [6, 6.07) is 0. The lowest BCUT2D eigenvalue weighted by Crippen LogP contribution is -2.79. The Labute approximate surface area is 370 Å². The van der Waals surface area contributed by atoms with Crippen LogP contribution in [0.2, 0.25) is 0 Å². The monoisotopic (exact) mass is 1080 g/mol. The lowest BCUT2D eigenvalue weighted by molar-refractivity contribution is -0.484. The van der Waals surface area contributed by atoms with Crippen molar-refractivity contribution in [2.75, 3.05) is 6.61 Å². The molecule has 4 fully saturated rings. The maximum Gasteiger partial charge on any atom is 0.460 e. The fraction of sp³-hybridized carbons (Fsp3) is 0.973. The van der Waals surface area contributed by atoms with Crippen LogP contribution in [0.25, 0.3) is 0 Å². The Bertz CT molecular complexity index is 1900. The molecule has 69 heavy (non-hydrogen) atoms. The zero-order valence-electron chi connectivity index (χ0n) is 34.9. The van der Waals surface area contributed by atoms with E-state index in [4.69, 9.17) is 0 Å². The molecule has 0 aromatic rings. The van der Waals surface area contributed by atoms with E-state index in [1.54, 1.807) is 6.92 Å². The van der Waals surface area contributed by atoms with Gasteiger partial charge in [-0.2, -0.15) is 119 Å². The van der Waals surface area contributed by atoms with Gasteiger partial charge in [0, 0.05) is 0 Å². The number of aliphatic hydroxyl groups is 3. The second kappa shape index (κ2) is 16.7. The largest absolute Gasteiger partial charge is 0.461 e. The number of carbonyl (C=O) groups excluding carboxylic acids is 1. The SMILES string of the molecule is C[C@H](CCOC(=O)C(F)(F)C(F)(F)C(F)(F)C(F)(F)C(F)(F)C(F)(F)C(F)(F)C(F)(F)C(F)(F)C(F)(F)C(F)(F)C(F)(F)C(F)(F)F)[C@H]1CC[C@H]2[C@@H]3[C@H](O)C[C@@H]4C[C@H](O)CC[C@]4(C)[C@H]3C[C@H](O)[C@]12C. The highest BCUT2D eigenvalue weighted by atomic mass is 19.4. The summed E-state index contributed by atoms with van der Waals surface area (Å²) in [5.74, 6) is -119. The van der Waals surface area contributed by atoms with E-state index < -0.39 is 149 Å². The van der Waals surface area contributed by atoms with Crippen LogP contribution in [0.15, 0.2) is 0 Å². The van der Waals surface area contributed by atoms with E-state index in [-0.39, 0.29) is 37.5 Å². The van der Waals surface area contributed by atoms with Crippen molar-refractivity contribution in [3.05, 3.63) is 0 Å². The van der Waals surface area contributed by atoms with E-state index >= 15 is 0 Å². The summed E-state index contributed by atoms with van der Waals surface area (Å²) in [5, 5.41) is 33.1. The number of alkyl halides is 27. The normalized spacial score (nSPS) is 32.5. The third kappa shape index (κ3) is 7.58. The van der Waals surface area contributed by atoms with Gasteiger partial charge in [0.2, 0.25) is 0 Å². The van der Waals surface area contributed by atoms with Crippen molar-refractivity contribution in [3.8, 4) is 0 Å². The molecule has 0 amide bonds. The van der Waals surface area contributed by atoms with Gasteiger partial charge in [-0.15, -0.1) is 0 Å². The van der Waals surface area contributed by atoms with Crippen molar-refractivity contribution in [1.82, 2.24) is 0 Å². The smallest absolute Gasteiger partial charge is 0.460 e. The molecule has 4 aliphatic carbocycles. The average Bonchev–Trinajstić information content (AvgIpc) is 3.55. The average molecular weight is 1080 g/mol. The molecule has 0 unspecified atom stereocenters. The van der Waals surface area contributed by atoms with Gasteiger partial charge in [0.1, 0.15) is 0 Å². The van der Waals surface area contributed by atoms with Crippen LogP contribution in [0.1, 0.15) is 72.1 Å². The van der Waals surface area contributed by atoms with Gasteiger partial charge in [0.05, 0.1) is 24.9 Å². The van der Waals surface area contributed by atoms with E-state index in [1.807, 2.05) is 6.92 Å². The predicted octanol–water partition coefficient (Wildman–Crippen LogP) is 11.7. The molecule has 0 bridgehead atoms. The van der Waals surface area contributed by atoms with Crippen LogP contribution in [0, 0.1) is 46.3 Å².